The monoisotopic (exact) mass is 463 g/mol. The SMILES string of the molecule is N#Cc1cc(Cl)cc(Oc2c(C(F)(F)F)ncn(Cc3cc(C4CC4)c(=O)[nH]n3)c2=O)c1. The van der Waals surface area contributed by atoms with Crippen molar-refractivity contribution in [2.24, 2.45) is 0 Å². The zero-order chi connectivity index (χ0) is 23.0. The van der Waals surface area contributed by atoms with Gasteiger partial charge in [0.2, 0.25) is 5.75 Å². The fourth-order valence-electron chi connectivity index (χ4n) is 3.10. The lowest BCUT2D eigenvalue weighted by molar-refractivity contribution is -0.142. The van der Waals surface area contributed by atoms with E-state index >= 15 is 0 Å². The van der Waals surface area contributed by atoms with Gasteiger partial charge in [0.05, 0.1) is 30.2 Å². The Morgan fingerprint density at radius 2 is 2.00 bits per heavy atom. The van der Waals surface area contributed by atoms with Gasteiger partial charge in [-0.05, 0) is 43.0 Å². The second kappa shape index (κ2) is 8.12. The summed E-state index contributed by atoms with van der Waals surface area (Å²) < 4.78 is 46.6. The number of halogens is 4. The normalized spacial score (nSPS) is 13.6. The largest absolute Gasteiger partial charge is 0.449 e. The van der Waals surface area contributed by atoms with Crippen LogP contribution >= 0.6 is 11.6 Å². The molecule has 2 aromatic heterocycles. The number of rotatable bonds is 5. The van der Waals surface area contributed by atoms with Crippen LogP contribution in [0.3, 0.4) is 0 Å². The molecular formula is C20H13ClF3N5O3. The Labute approximate surface area is 182 Å². The molecule has 164 valence electrons. The van der Waals surface area contributed by atoms with Gasteiger partial charge in [-0.15, -0.1) is 0 Å². The second-order valence-electron chi connectivity index (χ2n) is 7.16. The van der Waals surface area contributed by atoms with Crippen LogP contribution in [-0.2, 0) is 12.7 Å². The molecule has 1 fully saturated rings. The molecule has 2 heterocycles. The van der Waals surface area contributed by atoms with Crippen molar-refractivity contribution in [3.63, 3.8) is 0 Å². The summed E-state index contributed by atoms with van der Waals surface area (Å²) in [7, 11) is 0. The van der Waals surface area contributed by atoms with Crippen LogP contribution in [0.25, 0.3) is 0 Å². The molecule has 3 aromatic rings. The third-order valence-corrected chi connectivity index (χ3v) is 4.94. The number of ether oxygens (including phenoxy) is 1. The number of benzene rings is 1. The highest BCUT2D eigenvalue weighted by molar-refractivity contribution is 6.30. The Kier molecular flexibility index (Phi) is 5.48. The smallest absolute Gasteiger partial charge is 0.437 e. The highest BCUT2D eigenvalue weighted by Gasteiger charge is 2.39. The third-order valence-electron chi connectivity index (χ3n) is 4.72. The van der Waals surface area contributed by atoms with Crippen LogP contribution in [0.2, 0.25) is 5.02 Å². The van der Waals surface area contributed by atoms with Crippen molar-refractivity contribution in [2.75, 3.05) is 0 Å². The van der Waals surface area contributed by atoms with Gasteiger partial charge in [-0.1, -0.05) is 11.6 Å². The molecule has 0 aliphatic heterocycles. The summed E-state index contributed by atoms with van der Waals surface area (Å²) in [5, 5.41) is 15.3. The van der Waals surface area contributed by atoms with Crippen molar-refractivity contribution < 1.29 is 17.9 Å². The van der Waals surface area contributed by atoms with Gasteiger partial charge in [0.15, 0.2) is 5.69 Å². The van der Waals surface area contributed by atoms with Crippen molar-refractivity contribution >= 4 is 11.6 Å². The minimum atomic E-state index is -4.97. The summed E-state index contributed by atoms with van der Waals surface area (Å²) in [6.45, 7) is -0.240. The van der Waals surface area contributed by atoms with Gasteiger partial charge < -0.3 is 4.74 Å². The molecule has 1 aromatic carbocycles. The predicted octanol–water partition coefficient (Wildman–Crippen LogP) is 3.59. The van der Waals surface area contributed by atoms with E-state index < -0.39 is 23.2 Å². The first-order chi connectivity index (χ1) is 15.2. The molecule has 1 aliphatic carbocycles. The number of alkyl halides is 3. The minimum absolute atomic E-state index is 0.0373. The van der Waals surface area contributed by atoms with Crippen LogP contribution < -0.4 is 15.9 Å². The second-order valence-corrected chi connectivity index (χ2v) is 7.60. The average Bonchev–Trinajstić information content (AvgIpc) is 3.56. The maximum Gasteiger partial charge on any atom is 0.437 e. The van der Waals surface area contributed by atoms with E-state index in [0.717, 1.165) is 29.8 Å². The van der Waals surface area contributed by atoms with Crippen LogP contribution in [0.15, 0.2) is 40.2 Å². The molecule has 12 heteroatoms. The number of nitrogens with zero attached hydrogens (tertiary/aromatic N) is 4. The maximum absolute atomic E-state index is 13.5. The Bertz CT molecular complexity index is 1360. The molecule has 1 saturated carbocycles. The number of hydrogen-bond acceptors (Lipinski definition) is 6. The Hall–Kier alpha value is -3.65. The number of nitrogens with one attached hydrogen (secondary N) is 1. The number of H-pyrrole nitrogens is 1. The lowest BCUT2D eigenvalue weighted by Gasteiger charge is -2.15. The number of nitriles is 1. The van der Waals surface area contributed by atoms with E-state index in [4.69, 9.17) is 21.6 Å². The summed E-state index contributed by atoms with van der Waals surface area (Å²) in [4.78, 5) is 28.1. The Morgan fingerprint density at radius 1 is 1.25 bits per heavy atom. The van der Waals surface area contributed by atoms with Crippen molar-refractivity contribution in [2.45, 2.75) is 31.5 Å². The van der Waals surface area contributed by atoms with Crippen molar-refractivity contribution in [3.05, 3.63) is 78.8 Å². The molecule has 1 aliphatic rings. The lowest BCUT2D eigenvalue weighted by atomic mass is 10.2. The van der Waals surface area contributed by atoms with Crippen LogP contribution in [0, 0.1) is 11.3 Å². The van der Waals surface area contributed by atoms with E-state index in [0.29, 0.717) is 5.56 Å². The van der Waals surface area contributed by atoms with Gasteiger partial charge in [0.25, 0.3) is 11.1 Å². The first-order valence-electron chi connectivity index (χ1n) is 9.29. The highest BCUT2D eigenvalue weighted by atomic mass is 35.5. The van der Waals surface area contributed by atoms with Crippen LogP contribution in [-0.4, -0.2) is 19.7 Å². The minimum Gasteiger partial charge on any atom is -0.449 e. The molecule has 32 heavy (non-hydrogen) atoms. The van der Waals surface area contributed by atoms with Crippen molar-refractivity contribution in [3.8, 4) is 17.6 Å². The number of aromatic nitrogens is 4. The molecule has 0 unspecified atom stereocenters. The summed E-state index contributed by atoms with van der Waals surface area (Å²) >= 11 is 5.87. The van der Waals surface area contributed by atoms with Crippen LogP contribution in [0.1, 0.15) is 41.3 Å². The predicted molar refractivity (Wildman–Crippen MR) is 106 cm³/mol. The van der Waals surface area contributed by atoms with E-state index in [2.05, 4.69) is 15.2 Å². The highest BCUT2D eigenvalue weighted by Crippen LogP contribution is 2.38. The fraction of sp³-hybridized carbons (Fsp3) is 0.250. The van der Waals surface area contributed by atoms with E-state index in [1.165, 1.54) is 18.2 Å². The molecule has 0 spiro atoms. The van der Waals surface area contributed by atoms with Gasteiger partial charge in [0, 0.05) is 10.6 Å². The number of hydrogen-bond donors (Lipinski definition) is 1. The third kappa shape index (κ3) is 4.50. The van der Waals surface area contributed by atoms with E-state index in [-0.39, 0.29) is 40.1 Å². The molecule has 0 amide bonds. The molecule has 0 bridgehead atoms. The Balaban J connectivity index is 1.76. The summed E-state index contributed by atoms with van der Waals surface area (Å²) in [5.74, 6) is -1.19. The average molecular weight is 464 g/mol. The van der Waals surface area contributed by atoms with Crippen molar-refractivity contribution in [1.29, 1.82) is 5.26 Å². The summed E-state index contributed by atoms with van der Waals surface area (Å²) in [6.07, 6.45) is -2.52. The van der Waals surface area contributed by atoms with E-state index in [1.54, 1.807) is 6.07 Å². The summed E-state index contributed by atoms with van der Waals surface area (Å²) in [5.41, 5.74) is -2.15. The zero-order valence-electron chi connectivity index (χ0n) is 16.1. The molecule has 4 rings (SSSR count). The summed E-state index contributed by atoms with van der Waals surface area (Å²) in [6, 6.07) is 6.93. The van der Waals surface area contributed by atoms with Crippen LogP contribution in [0.4, 0.5) is 13.2 Å². The molecule has 1 N–H and O–H groups in total. The molecule has 0 atom stereocenters. The Morgan fingerprint density at radius 3 is 2.66 bits per heavy atom. The van der Waals surface area contributed by atoms with Gasteiger partial charge in [0.1, 0.15) is 5.75 Å². The van der Waals surface area contributed by atoms with Gasteiger partial charge in [-0.25, -0.2) is 10.1 Å². The first-order valence-corrected chi connectivity index (χ1v) is 9.67. The standard InChI is InChI=1S/C20H13ClF3N5O3/c21-12-3-10(7-25)4-14(5-12)32-16-17(20(22,23)24)26-9-29(19(16)31)8-13-6-15(11-1-2-11)18(30)28-27-13/h3-6,9,11H,1-2,8H2,(H,28,30). The van der Waals surface area contributed by atoms with Crippen LogP contribution in [0.5, 0.6) is 11.5 Å². The van der Waals surface area contributed by atoms with E-state index in [1.807, 2.05) is 0 Å². The quantitative estimate of drug-likeness (QED) is 0.618. The molecule has 0 radical (unpaired) electrons. The van der Waals surface area contributed by atoms with Gasteiger partial charge >= 0.3 is 6.18 Å². The number of aromatic amines is 1. The molecule has 8 nitrogen and oxygen atoms in total. The first kappa shape index (κ1) is 21.6. The van der Waals surface area contributed by atoms with E-state index in [9.17, 15) is 22.8 Å². The maximum atomic E-state index is 13.5. The van der Waals surface area contributed by atoms with Crippen molar-refractivity contribution in [1.82, 2.24) is 19.7 Å². The molecule has 0 saturated heterocycles. The lowest BCUT2D eigenvalue weighted by Crippen LogP contribution is -2.27. The molecular weight excluding hydrogens is 451 g/mol. The van der Waals surface area contributed by atoms with Gasteiger partial charge in [-0.3, -0.25) is 14.2 Å². The zero-order valence-corrected chi connectivity index (χ0v) is 16.9. The van der Waals surface area contributed by atoms with Gasteiger partial charge in [-0.2, -0.15) is 23.5 Å². The topological polar surface area (TPSA) is 114 Å². The fourth-order valence-corrected chi connectivity index (χ4v) is 3.32.